The molecule has 0 unspecified atom stereocenters. The molecule has 4 nitrogen and oxygen atoms in total. The van der Waals surface area contributed by atoms with Crippen LogP contribution in [-0.2, 0) is 9.53 Å². The fourth-order valence-corrected chi connectivity index (χ4v) is 2.36. The predicted octanol–water partition coefficient (Wildman–Crippen LogP) is 3.88. The molecule has 0 aliphatic rings. The molecule has 0 aromatic heterocycles. The summed E-state index contributed by atoms with van der Waals surface area (Å²) in [6.45, 7) is -0.460. The Balaban J connectivity index is 1.91. The molecule has 1 N–H and O–H groups in total. The van der Waals surface area contributed by atoms with Gasteiger partial charge in [0.2, 0.25) is 0 Å². The van der Waals surface area contributed by atoms with Gasteiger partial charge in [-0.05, 0) is 59.0 Å². The first-order chi connectivity index (χ1) is 10.5. The highest BCUT2D eigenvalue weighted by molar-refractivity contribution is 14.1. The molecule has 114 valence electrons. The van der Waals surface area contributed by atoms with E-state index in [2.05, 4.69) is 27.9 Å². The van der Waals surface area contributed by atoms with E-state index in [-0.39, 0.29) is 10.7 Å². The van der Waals surface area contributed by atoms with E-state index in [1.165, 1.54) is 12.1 Å². The van der Waals surface area contributed by atoms with Gasteiger partial charge in [0.05, 0.1) is 16.3 Å². The summed E-state index contributed by atoms with van der Waals surface area (Å²) in [6.07, 6.45) is 0. The van der Waals surface area contributed by atoms with Crippen LogP contribution in [0.4, 0.5) is 10.1 Å². The summed E-state index contributed by atoms with van der Waals surface area (Å²) >= 11 is 7.86. The number of ether oxygens (including phenoxy) is 1. The average Bonchev–Trinajstić information content (AvgIpc) is 2.47. The highest BCUT2D eigenvalue weighted by atomic mass is 127. The highest BCUT2D eigenvalue weighted by Crippen LogP contribution is 2.22. The van der Waals surface area contributed by atoms with Gasteiger partial charge in [0.25, 0.3) is 5.91 Å². The van der Waals surface area contributed by atoms with Gasteiger partial charge in [-0.1, -0.05) is 17.7 Å². The summed E-state index contributed by atoms with van der Waals surface area (Å²) in [5.41, 5.74) is 0.609. The third-order valence-electron chi connectivity index (χ3n) is 2.60. The zero-order valence-corrected chi connectivity index (χ0v) is 14.0. The summed E-state index contributed by atoms with van der Waals surface area (Å²) in [6, 6.07) is 10.4. The topological polar surface area (TPSA) is 55.4 Å². The number of anilines is 1. The lowest BCUT2D eigenvalue weighted by Crippen LogP contribution is -2.21. The van der Waals surface area contributed by atoms with Crippen molar-refractivity contribution < 1.29 is 18.7 Å². The molecule has 0 fully saturated rings. The number of carbonyl (C=O) groups is 2. The SMILES string of the molecule is O=C(COC(=O)c1cccc(I)c1)Nc1ccc(F)cc1Cl. The van der Waals surface area contributed by atoms with E-state index in [0.717, 1.165) is 9.64 Å². The van der Waals surface area contributed by atoms with Crippen LogP contribution >= 0.6 is 34.2 Å². The minimum Gasteiger partial charge on any atom is -0.452 e. The summed E-state index contributed by atoms with van der Waals surface area (Å²) in [7, 11) is 0. The van der Waals surface area contributed by atoms with Crippen molar-refractivity contribution in [3.8, 4) is 0 Å². The number of benzene rings is 2. The molecule has 0 saturated carbocycles. The van der Waals surface area contributed by atoms with Crippen LogP contribution < -0.4 is 5.32 Å². The Bertz CT molecular complexity index is 724. The lowest BCUT2D eigenvalue weighted by Gasteiger charge is -2.08. The molecular formula is C15H10ClFINO3. The van der Waals surface area contributed by atoms with Gasteiger partial charge >= 0.3 is 5.97 Å². The van der Waals surface area contributed by atoms with Gasteiger partial charge in [0, 0.05) is 3.57 Å². The average molecular weight is 434 g/mol. The molecule has 0 atom stereocenters. The zero-order chi connectivity index (χ0) is 16.1. The third-order valence-corrected chi connectivity index (χ3v) is 3.58. The van der Waals surface area contributed by atoms with E-state index >= 15 is 0 Å². The van der Waals surface area contributed by atoms with Crippen molar-refractivity contribution in [3.05, 3.63) is 62.4 Å². The van der Waals surface area contributed by atoms with Crippen molar-refractivity contribution in [2.24, 2.45) is 0 Å². The van der Waals surface area contributed by atoms with Crippen LogP contribution in [-0.4, -0.2) is 18.5 Å². The number of hydrogen-bond donors (Lipinski definition) is 1. The van der Waals surface area contributed by atoms with E-state index in [9.17, 15) is 14.0 Å². The van der Waals surface area contributed by atoms with Gasteiger partial charge in [0.1, 0.15) is 5.82 Å². The Labute approximate surface area is 144 Å². The van der Waals surface area contributed by atoms with Crippen LogP contribution in [0.15, 0.2) is 42.5 Å². The summed E-state index contributed by atoms with van der Waals surface area (Å²) in [5.74, 6) is -1.67. The quantitative estimate of drug-likeness (QED) is 0.588. The molecule has 0 aliphatic heterocycles. The molecule has 1 amide bonds. The van der Waals surface area contributed by atoms with Crippen molar-refractivity contribution in [3.63, 3.8) is 0 Å². The monoisotopic (exact) mass is 433 g/mol. The minimum absolute atomic E-state index is 0.0669. The second-order valence-electron chi connectivity index (χ2n) is 4.26. The Morgan fingerprint density at radius 2 is 2.00 bits per heavy atom. The molecule has 2 aromatic rings. The Morgan fingerprint density at radius 1 is 1.23 bits per heavy atom. The molecule has 7 heteroatoms. The van der Waals surface area contributed by atoms with Crippen molar-refractivity contribution in [2.45, 2.75) is 0 Å². The number of halogens is 3. The van der Waals surface area contributed by atoms with Crippen LogP contribution in [0.3, 0.4) is 0 Å². The third kappa shape index (κ3) is 4.67. The Morgan fingerprint density at radius 3 is 2.68 bits per heavy atom. The number of nitrogens with one attached hydrogen (secondary N) is 1. The van der Waals surface area contributed by atoms with Gasteiger partial charge in [-0.15, -0.1) is 0 Å². The predicted molar refractivity (Wildman–Crippen MR) is 89.5 cm³/mol. The van der Waals surface area contributed by atoms with Gasteiger partial charge in [-0.3, -0.25) is 4.79 Å². The maximum absolute atomic E-state index is 12.9. The highest BCUT2D eigenvalue weighted by Gasteiger charge is 2.12. The van der Waals surface area contributed by atoms with Crippen molar-refractivity contribution >= 4 is 51.8 Å². The van der Waals surface area contributed by atoms with Gasteiger partial charge in [-0.2, -0.15) is 0 Å². The molecule has 2 rings (SSSR count). The van der Waals surface area contributed by atoms with E-state index in [4.69, 9.17) is 16.3 Å². The number of amides is 1. The van der Waals surface area contributed by atoms with Crippen LogP contribution in [0.2, 0.25) is 5.02 Å². The maximum atomic E-state index is 12.9. The normalized spacial score (nSPS) is 10.1. The fourth-order valence-electron chi connectivity index (χ4n) is 1.61. The van der Waals surface area contributed by atoms with E-state index in [1.54, 1.807) is 18.2 Å². The van der Waals surface area contributed by atoms with Crippen LogP contribution in [0.5, 0.6) is 0 Å². The summed E-state index contributed by atoms with van der Waals surface area (Å²) in [5, 5.41) is 2.51. The number of esters is 1. The first-order valence-electron chi connectivity index (χ1n) is 6.13. The molecule has 22 heavy (non-hydrogen) atoms. The second kappa shape index (κ2) is 7.55. The van der Waals surface area contributed by atoms with E-state index < -0.39 is 24.3 Å². The standard InChI is InChI=1S/C15H10ClFINO3/c16-12-7-10(17)4-5-13(12)19-14(20)8-22-15(21)9-2-1-3-11(18)6-9/h1-7H,8H2,(H,19,20). The smallest absolute Gasteiger partial charge is 0.338 e. The van der Waals surface area contributed by atoms with E-state index in [1.807, 2.05) is 6.07 Å². The fraction of sp³-hybridized carbons (Fsp3) is 0.0667. The molecule has 0 spiro atoms. The Kier molecular flexibility index (Phi) is 5.73. The largest absolute Gasteiger partial charge is 0.452 e. The molecule has 0 heterocycles. The number of hydrogen-bond acceptors (Lipinski definition) is 3. The maximum Gasteiger partial charge on any atom is 0.338 e. The van der Waals surface area contributed by atoms with Crippen LogP contribution in [0, 0.1) is 9.39 Å². The van der Waals surface area contributed by atoms with Crippen LogP contribution in [0.25, 0.3) is 0 Å². The van der Waals surface area contributed by atoms with Crippen LogP contribution in [0.1, 0.15) is 10.4 Å². The van der Waals surface area contributed by atoms with E-state index in [0.29, 0.717) is 5.56 Å². The number of carbonyl (C=O) groups excluding carboxylic acids is 2. The molecule has 0 radical (unpaired) electrons. The molecule has 0 saturated heterocycles. The minimum atomic E-state index is -0.598. The molecule has 2 aromatic carbocycles. The first-order valence-corrected chi connectivity index (χ1v) is 7.59. The lowest BCUT2D eigenvalue weighted by molar-refractivity contribution is -0.119. The Hall–Kier alpha value is -1.67. The molecule has 0 bridgehead atoms. The lowest BCUT2D eigenvalue weighted by atomic mass is 10.2. The van der Waals surface area contributed by atoms with Gasteiger partial charge in [-0.25, -0.2) is 9.18 Å². The summed E-state index contributed by atoms with van der Waals surface area (Å²) in [4.78, 5) is 23.5. The van der Waals surface area contributed by atoms with Crippen molar-refractivity contribution in [1.29, 1.82) is 0 Å². The van der Waals surface area contributed by atoms with Gasteiger partial charge < -0.3 is 10.1 Å². The molecular weight excluding hydrogens is 424 g/mol. The van der Waals surface area contributed by atoms with Gasteiger partial charge in [0.15, 0.2) is 6.61 Å². The van der Waals surface area contributed by atoms with Crippen molar-refractivity contribution in [2.75, 3.05) is 11.9 Å². The first kappa shape index (κ1) is 16.7. The molecule has 0 aliphatic carbocycles. The second-order valence-corrected chi connectivity index (χ2v) is 5.91. The zero-order valence-electron chi connectivity index (χ0n) is 11.1. The number of rotatable bonds is 4. The summed E-state index contributed by atoms with van der Waals surface area (Å²) < 4.78 is 18.7. The van der Waals surface area contributed by atoms with Crippen molar-refractivity contribution in [1.82, 2.24) is 0 Å².